The number of nitro groups is 1. The summed E-state index contributed by atoms with van der Waals surface area (Å²) in [5.41, 5.74) is 1.85. The molecule has 2 aromatic heterocycles. The summed E-state index contributed by atoms with van der Waals surface area (Å²) in [5.74, 6) is 0.423. The fourth-order valence-electron chi connectivity index (χ4n) is 2.96. The second-order valence-corrected chi connectivity index (χ2v) is 6.53. The number of aromatic hydroxyl groups is 1. The van der Waals surface area contributed by atoms with Crippen molar-refractivity contribution >= 4 is 34.4 Å². The zero-order valence-corrected chi connectivity index (χ0v) is 16.6. The molecule has 2 aromatic carbocycles. The minimum absolute atomic E-state index is 0.00739. The second kappa shape index (κ2) is 8.52. The maximum Gasteiger partial charge on any atom is 0.325 e. The van der Waals surface area contributed by atoms with Crippen LogP contribution in [0.4, 0.5) is 22.0 Å². The van der Waals surface area contributed by atoms with Crippen LogP contribution in [-0.4, -0.2) is 38.1 Å². The number of phenolic OH excluding ortho intramolecular Hbond substituents is 1. The van der Waals surface area contributed by atoms with Crippen LogP contribution in [0.5, 0.6) is 11.5 Å². The van der Waals surface area contributed by atoms with E-state index in [0.29, 0.717) is 22.5 Å². The number of nitrogens with one attached hydrogen (secondary N) is 2. The summed E-state index contributed by atoms with van der Waals surface area (Å²) >= 11 is 0. The van der Waals surface area contributed by atoms with Crippen molar-refractivity contribution in [3.63, 3.8) is 0 Å². The van der Waals surface area contributed by atoms with E-state index in [4.69, 9.17) is 4.74 Å². The lowest BCUT2D eigenvalue weighted by Crippen LogP contribution is -2.20. The Hall–Kier alpha value is -4.80. The predicted molar refractivity (Wildman–Crippen MR) is 117 cm³/mol. The van der Waals surface area contributed by atoms with Gasteiger partial charge in [-0.05, 0) is 36.4 Å². The lowest BCUT2D eigenvalue weighted by molar-refractivity contribution is -0.383. The van der Waals surface area contributed by atoms with E-state index >= 15 is 0 Å². The first-order chi connectivity index (χ1) is 15.4. The van der Waals surface area contributed by atoms with Crippen molar-refractivity contribution in [3.8, 4) is 22.8 Å². The third kappa shape index (κ3) is 4.21. The number of para-hydroxylation sites is 2. The molecule has 11 nitrogen and oxygen atoms in total. The SMILES string of the molecule is COc1cc(-c2ccc3ncc(NC(=O)Nc4ccccc4[N+](=O)[O-])nc3n2)ccc1O. The van der Waals surface area contributed by atoms with E-state index in [1.165, 1.54) is 37.6 Å². The fraction of sp³-hybridized carbons (Fsp3) is 0.0476. The van der Waals surface area contributed by atoms with Crippen LogP contribution in [0, 0.1) is 10.1 Å². The van der Waals surface area contributed by atoms with Crippen LogP contribution >= 0.6 is 0 Å². The van der Waals surface area contributed by atoms with Gasteiger partial charge in [-0.3, -0.25) is 15.4 Å². The quantitative estimate of drug-likeness (QED) is 0.316. The number of urea groups is 1. The molecule has 11 heteroatoms. The number of nitro benzene ring substituents is 1. The van der Waals surface area contributed by atoms with Gasteiger partial charge in [-0.2, -0.15) is 0 Å². The zero-order valence-electron chi connectivity index (χ0n) is 16.6. The van der Waals surface area contributed by atoms with Crippen LogP contribution in [0.25, 0.3) is 22.4 Å². The van der Waals surface area contributed by atoms with Gasteiger partial charge in [0.15, 0.2) is 23.0 Å². The molecule has 160 valence electrons. The van der Waals surface area contributed by atoms with E-state index in [1.54, 1.807) is 30.3 Å². The van der Waals surface area contributed by atoms with E-state index in [1.807, 2.05) is 0 Å². The van der Waals surface area contributed by atoms with Crippen molar-refractivity contribution in [2.75, 3.05) is 17.7 Å². The Morgan fingerprint density at radius 3 is 2.69 bits per heavy atom. The number of methoxy groups -OCH3 is 1. The van der Waals surface area contributed by atoms with Gasteiger partial charge in [0, 0.05) is 11.6 Å². The number of hydrogen-bond donors (Lipinski definition) is 3. The number of carbonyl (C=O) groups excluding carboxylic acids is 1. The second-order valence-electron chi connectivity index (χ2n) is 6.53. The van der Waals surface area contributed by atoms with Gasteiger partial charge in [-0.1, -0.05) is 12.1 Å². The van der Waals surface area contributed by atoms with Crippen LogP contribution in [0.1, 0.15) is 0 Å². The molecule has 0 aliphatic rings. The first kappa shape index (κ1) is 20.5. The highest BCUT2D eigenvalue weighted by atomic mass is 16.6. The summed E-state index contributed by atoms with van der Waals surface area (Å²) < 4.78 is 5.13. The van der Waals surface area contributed by atoms with Crippen molar-refractivity contribution < 1.29 is 19.6 Å². The first-order valence-electron chi connectivity index (χ1n) is 9.27. The number of fused-ring (bicyclic) bond motifs is 1. The van der Waals surface area contributed by atoms with Gasteiger partial charge in [0.05, 0.1) is 23.9 Å². The molecule has 0 saturated heterocycles. The monoisotopic (exact) mass is 432 g/mol. The number of phenols is 1. The van der Waals surface area contributed by atoms with Gasteiger partial charge in [0.25, 0.3) is 5.69 Å². The number of aromatic nitrogens is 3. The number of rotatable bonds is 5. The lowest BCUT2D eigenvalue weighted by atomic mass is 10.1. The summed E-state index contributed by atoms with van der Waals surface area (Å²) in [6.45, 7) is 0. The molecule has 0 fully saturated rings. The molecule has 0 radical (unpaired) electrons. The van der Waals surface area contributed by atoms with Crippen molar-refractivity contribution in [3.05, 3.63) is 70.9 Å². The Kier molecular flexibility index (Phi) is 5.45. The number of benzene rings is 2. The summed E-state index contributed by atoms with van der Waals surface area (Å²) in [5, 5.41) is 25.8. The lowest BCUT2D eigenvalue weighted by Gasteiger charge is -2.09. The van der Waals surface area contributed by atoms with Crippen LogP contribution < -0.4 is 15.4 Å². The molecule has 32 heavy (non-hydrogen) atoms. The highest BCUT2D eigenvalue weighted by molar-refractivity contribution is 6.00. The molecule has 2 heterocycles. The maximum absolute atomic E-state index is 12.3. The molecular weight excluding hydrogens is 416 g/mol. The van der Waals surface area contributed by atoms with Crippen LogP contribution in [-0.2, 0) is 0 Å². The minimum Gasteiger partial charge on any atom is -0.504 e. The molecule has 0 bridgehead atoms. The summed E-state index contributed by atoms with van der Waals surface area (Å²) in [4.78, 5) is 35.8. The number of pyridine rings is 1. The normalized spacial score (nSPS) is 10.5. The molecule has 4 rings (SSSR count). The standard InChI is InChI=1S/C21H16N6O5/c1-32-18-10-12(6-9-17(18)28)13-7-8-15-20(23-13)25-19(11-22-15)26-21(29)24-14-4-2-3-5-16(14)27(30)31/h2-11,28H,1H3,(H2,23,24,25,26,29). The molecule has 0 spiro atoms. The maximum atomic E-state index is 12.3. The Bertz CT molecular complexity index is 1340. The summed E-state index contributed by atoms with van der Waals surface area (Å²) in [6, 6.07) is 13.4. The molecular formula is C21H16N6O5. The number of carbonyl (C=O) groups is 1. The Morgan fingerprint density at radius 1 is 1.09 bits per heavy atom. The summed E-state index contributed by atoms with van der Waals surface area (Å²) in [6.07, 6.45) is 1.35. The molecule has 0 saturated carbocycles. The number of nitrogens with zero attached hydrogens (tertiary/aromatic N) is 4. The number of ether oxygens (including phenoxy) is 1. The highest BCUT2D eigenvalue weighted by Gasteiger charge is 2.15. The average Bonchev–Trinajstić information content (AvgIpc) is 2.79. The van der Waals surface area contributed by atoms with Crippen molar-refractivity contribution in [2.24, 2.45) is 0 Å². The number of anilines is 2. The third-order valence-corrected chi connectivity index (χ3v) is 4.47. The minimum atomic E-state index is -0.715. The van der Waals surface area contributed by atoms with Crippen LogP contribution in [0.3, 0.4) is 0 Å². The highest BCUT2D eigenvalue weighted by Crippen LogP contribution is 2.31. The molecule has 0 unspecified atom stereocenters. The van der Waals surface area contributed by atoms with Gasteiger partial charge in [0.2, 0.25) is 0 Å². The zero-order chi connectivity index (χ0) is 22.7. The Morgan fingerprint density at radius 2 is 1.91 bits per heavy atom. The van der Waals surface area contributed by atoms with Crippen LogP contribution in [0.15, 0.2) is 60.8 Å². The van der Waals surface area contributed by atoms with Gasteiger partial charge in [0.1, 0.15) is 11.2 Å². The first-order valence-corrected chi connectivity index (χ1v) is 9.27. The Labute approximate surface area is 180 Å². The van der Waals surface area contributed by atoms with E-state index in [9.17, 15) is 20.0 Å². The van der Waals surface area contributed by atoms with Gasteiger partial charge < -0.3 is 15.2 Å². The van der Waals surface area contributed by atoms with Gasteiger partial charge in [-0.25, -0.2) is 19.7 Å². The van der Waals surface area contributed by atoms with E-state index in [0.717, 1.165) is 0 Å². The molecule has 0 aliphatic carbocycles. The molecule has 0 aliphatic heterocycles. The van der Waals surface area contributed by atoms with Crippen molar-refractivity contribution in [1.82, 2.24) is 15.0 Å². The van der Waals surface area contributed by atoms with Gasteiger partial charge in [-0.15, -0.1) is 0 Å². The number of amides is 2. The topological polar surface area (TPSA) is 152 Å². The van der Waals surface area contributed by atoms with Crippen molar-refractivity contribution in [2.45, 2.75) is 0 Å². The Balaban J connectivity index is 1.58. The fourth-order valence-corrected chi connectivity index (χ4v) is 2.96. The average molecular weight is 432 g/mol. The third-order valence-electron chi connectivity index (χ3n) is 4.47. The molecule has 3 N–H and O–H groups in total. The van der Waals surface area contributed by atoms with Crippen LogP contribution in [0.2, 0.25) is 0 Å². The van der Waals surface area contributed by atoms with Gasteiger partial charge >= 0.3 is 6.03 Å². The smallest absolute Gasteiger partial charge is 0.325 e. The van der Waals surface area contributed by atoms with E-state index in [2.05, 4.69) is 25.6 Å². The molecule has 2 amide bonds. The molecule has 0 atom stereocenters. The summed E-state index contributed by atoms with van der Waals surface area (Å²) in [7, 11) is 1.45. The van der Waals surface area contributed by atoms with Crippen molar-refractivity contribution in [1.29, 1.82) is 0 Å². The largest absolute Gasteiger partial charge is 0.504 e. The molecule has 4 aromatic rings. The van der Waals surface area contributed by atoms with E-state index < -0.39 is 11.0 Å². The number of hydrogen-bond acceptors (Lipinski definition) is 8. The predicted octanol–water partition coefficient (Wildman–Crippen LogP) is 3.96. The van der Waals surface area contributed by atoms with E-state index in [-0.39, 0.29) is 28.6 Å².